The van der Waals surface area contributed by atoms with E-state index in [0.29, 0.717) is 23.4 Å². The summed E-state index contributed by atoms with van der Waals surface area (Å²) < 4.78 is 28.7. The first-order chi connectivity index (χ1) is 15.0. The third-order valence-electron chi connectivity index (χ3n) is 6.05. The van der Waals surface area contributed by atoms with Crippen LogP contribution in [-0.4, -0.2) is 56.5 Å². The van der Waals surface area contributed by atoms with Gasteiger partial charge in [-0.3, -0.25) is 18.8 Å². The van der Waals surface area contributed by atoms with Gasteiger partial charge in [0.25, 0.3) is 5.91 Å². The van der Waals surface area contributed by atoms with Crippen molar-refractivity contribution in [3.05, 3.63) is 72.3 Å². The molecule has 0 radical (unpaired) electrons. The van der Waals surface area contributed by atoms with Gasteiger partial charge in [0.2, 0.25) is 0 Å². The lowest BCUT2D eigenvalue weighted by molar-refractivity contribution is 0.0858. The molecule has 5 rings (SSSR count). The fraction of sp³-hybridized carbons (Fsp3) is 0.292. The lowest BCUT2D eigenvalue weighted by Gasteiger charge is -2.37. The zero-order valence-corrected chi connectivity index (χ0v) is 18.0. The molecule has 31 heavy (non-hydrogen) atoms. The minimum Gasteiger partial charge on any atom is -0.488 e. The topological polar surface area (TPSA) is 73.2 Å². The van der Waals surface area contributed by atoms with Crippen LogP contribution in [0.2, 0.25) is 0 Å². The summed E-state index contributed by atoms with van der Waals surface area (Å²) in [6.07, 6.45) is 1.76. The standard InChI is InChI=1S/C24H26N2O4S/c27-24-21-10-3-4-12-23(21)31(28,29)26(24)15-6-14-25-16-13-19(17-25)30-22-11-5-8-18-7-1-2-9-20(18)22/h1-5,7-12,19,28-29H,6,13-17H2. The van der Waals surface area contributed by atoms with Gasteiger partial charge in [0.1, 0.15) is 11.9 Å². The second-order valence-electron chi connectivity index (χ2n) is 8.08. The van der Waals surface area contributed by atoms with Gasteiger partial charge in [-0.15, -0.1) is 0 Å². The van der Waals surface area contributed by atoms with E-state index < -0.39 is 10.8 Å². The maximum Gasteiger partial charge on any atom is 0.274 e. The maximum atomic E-state index is 12.6. The van der Waals surface area contributed by atoms with E-state index in [1.54, 1.807) is 24.3 Å². The van der Waals surface area contributed by atoms with Gasteiger partial charge in [-0.25, -0.2) is 4.31 Å². The molecule has 0 bridgehead atoms. The number of rotatable bonds is 6. The van der Waals surface area contributed by atoms with Crippen LogP contribution in [0.25, 0.3) is 10.8 Å². The molecule has 0 aromatic heterocycles. The number of ether oxygens (including phenoxy) is 1. The zero-order chi connectivity index (χ0) is 21.4. The largest absolute Gasteiger partial charge is 0.488 e. The summed E-state index contributed by atoms with van der Waals surface area (Å²) in [5, 5.41) is 2.30. The molecular weight excluding hydrogens is 412 g/mol. The maximum absolute atomic E-state index is 12.6. The van der Waals surface area contributed by atoms with Crippen molar-refractivity contribution in [2.24, 2.45) is 0 Å². The average molecular weight is 439 g/mol. The fourth-order valence-electron chi connectivity index (χ4n) is 4.49. The third-order valence-corrected chi connectivity index (χ3v) is 7.96. The van der Waals surface area contributed by atoms with Crippen LogP contribution in [0.4, 0.5) is 0 Å². The second-order valence-corrected chi connectivity index (χ2v) is 10.0. The van der Waals surface area contributed by atoms with Crippen molar-refractivity contribution in [2.75, 3.05) is 26.2 Å². The van der Waals surface area contributed by atoms with Crippen LogP contribution in [-0.2, 0) is 0 Å². The van der Waals surface area contributed by atoms with E-state index in [1.165, 1.54) is 9.69 Å². The first-order valence-corrected chi connectivity index (χ1v) is 12.1. The molecule has 0 aliphatic carbocycles. The summed E-state index contributed by atoms with van der Waals surface area (Å²) in [6.45, 7) is 2.86. The van der Waals surface area contributed by atoms with Crippen LogP contribution >= 0.6 is 10.8 Å². The molecule has 0 spiro atoms. The molecule has 162 valence electrons. The first-order valence-electron chi connectivity index (χ1n) is 10.6. The van der Waals surface area contributed by atoms with Gasteiger partial charge in [-0.05, 0) is 36.4 Å². The summed E-state index contributed by atoms with van der Waals surface area (Å²) in [6, 6.07) is 21.1. The van der Waals surface area contributed by atoms with E-state index in [2.05, 4.69) is 23.1 Å². The number of carbonyl (C=O) groups excluding carboxylic acids is 1. The van der Waals surface area contributed by atoms with Crippen LogP contribution in [0.5, 0.6) is 5.75 Å². The van der Waals surface area contributed by atoms with Gasteiger partial charge in [0, 0.05) is 31.6 Å². The number of amides is 1. The van der Waals surface area contributed by atoms with Gasteiger partial charge in [0.05, 0.1) is 10.5 Å². The van der Waals surface area contributed by atoms with Crippen molar-refractivity contribution in [2.45, 2.75) is 23.8 Å². The molecule has 3 aromatic rings. The van der Waals surface area contributed by atoms with E-state index in [4.69, 9.17) is 4.74 Å². The number of nitrogens with zero attached hydrogens (tertiary/aromatic N) is 2. The molecule has 1 saturated heterocycles. The Morgan fingerprint density at radius 1 is 0.968 bits per heavy atom. The summed E-state index contributed by atoms with van der Waals surface area (Å²) >= 11 is 0. The molecule has 1 amide bonds. The molecule has 1 fully saturated rings. The Morgan fingerprint density at radius 3 is 2.61 bits per heavy atom. The Labute approximate surface area is 183 Å². The van der Waals surface area contributed by atoms with E-state index in [-0.39, 0.29) is 12.0 Å². The normalized spacial score (nSPS) is 21.4. The van der Waals surface area contributed by atoms with Gasteiger partial charge in [0.15, 0.2) is 0 Å². The van der Waals surface area contributed by atoms with Crippen molar-refractivity contribution in [1.82, 2.24) is 9.21 Å². The summed E-state index contributed by atoms with van der Waals surface area (Å²) in [5.74, 6) is 0.619. The number of carbonyl (C=O) groups is 1. The van der Waals surface area contributed by atoms with Crippen LogP contribution in [0.3, 0.4) is 0 Å². The van der Waals surface area contributed by atoms with E-state index in [0.717, 1.165) is 37.2 Å². The Balaban J connectivity index is 1.16. The highest BCUT2D eigenvalue weighted by atomic mass is 32.3. The Kier molecular flexibility index (Phi) is 5.35. The minimum absolute atomic E-state index is 0.129. The quantitative estimate of drug-likeness (QED) is 0.575. The van der Waals surface area contributed by atoms with Crippen molar-refractivity contribution in [3.8, 4) is 5.75 Å². The number of fused-ring (bicyclic) bond motifs is 2. The summed E-state index contributed by atoms with van der Waals surface area (Å²) in [4.78, 5) is 15.2. The van der Waals surface area contributed by atoms with Crippen LogP contribution in [0, 0.1) is 0 Å². The fourth-order valence-corrected chi connectivity index (χ4v) is 6.15. The van der Waals surface area contributed by atoms with Gasteiger partial charge >= 0.3 is 0 Å². The smallest absolute Gasteiger partial charge is 0.274 e. The molecule has 2 N–H and O–H groups in total. The van der Waals surface area contributed by atoms with Gasteiger partial charge in [-0.1, -0.05) is 59.3 Å². The molecule has 3 aromatic carbocycles. The molecule has 6 nitrogen and oxygen atoms in total. The highest BCUT2D eigenvalue weighted by Gasteiger charge is 2.40. The SMILES string of the molecule is O=C1c2ccccc2S(O)(O)N1CCCN1CCC(Oc2cccc3ccccc23)C1. The van der Waals surface area contributed by atoms with Crippen molar-refractivity contribution < 1.29 is 18.6 Å². The molecular formula is C24H26N2O4S. The van der Waals surface area contributed by atoms with Crippen molar-refractivity contribution in [3.63, 3.8) is 0 Å². The predicted molar refractivity (Wildman–Crippen MR) is 123 cm³/mol. The second kappa shape index (κ2) is 8.16. The van der Waals surface area contributed by atoms with Gasteiger partial charge in [-0.2, -0.15) is 0 Å². The van der Waals surface area contributed by atoms with Crippen LogP contribution in [0.1, 0.15) is 23.2 Å². The van der Waals surface area contributed by atoms with Crippen molar-refractivity contribution >= 4 is 27.5 Å². The highest BCUT2D eigenvalue weighted by Crippen LogP contribution is 2.58. The summed E-state index contributed by atoms with van der Waals surface area (Å²) in [7, 11) is -3.22. The van der Waals surface area contributed by atoms with Gasteiger partial charge < -0.3 is 4.74 Å². The Morgan fingerprint density at radius 2 is 1.74 bits per heavy atom. The molecule has 2 aliphatic rings. The van der Waals surface area contributed by atoms with Crippen molar-refractivity contribution in [1.29, 1.82) is 0 Å². The Bertz CT molecular complexity index is 1110. The average Bonchev–Trinajstić information content (AvgIpc) is 3.30. The Hall–Kier alpha value is -2.58. The first kappa shape index (κ1) is 20.3. The molecule has 1 atom stereocenters. The molecule has 2 heterocycles. The zero-order valence-electron chi connectivity index (χ0n) is 17.2. The number of likely N-dealkylation sites (tertiary alicyclic amines) is 1. The lowest BCUT2D eigenvalue weighted by atomic mass is 10.1. The number of benzene rings is 3. The minimum atomic E-state index is -3.22. The molecule has 2 aliphatic heterocycles. The molecule has 7 heteroatoms. The number of hydrogen-bond donors (Lipinski definition) is 2. The monoisotopic (exact) mass is 438 g/mol. The molecule has 0 saturated carbocycles. The van der Waals surface area contributed by atoms with E-state index in [1.807, 2.05) is 24.3 Å². The van der Waals surface area contributed by atoms with E-state index >= 15 is 0 Å². The third kappa shape index (κ3) is 3.78. The van der Waals surface area contributed by atoms with Crippen LogP contribution < -0.4 is 4.74 Å². The molecule has 1 unspecified atom stereocenters. The van der Waals surface area contributed by atoms with E-state index in [9.17, 15) is 13.9 Å². The summed E-state index contributed by atoms with van der Waals surface area (Å²) in [5.41, 5.74) is 0.396. The lowest BCUT2D eigenvalue weighted by Crippen LogP contribution is -2.32. The highest BCUT2D eigenvalue weighted by molar-refractivity contribution is 8.23. The predicted octanol–water partition coefficient (Wildman–Crippen LogP) is 4.86. The number of hydrogen-bond acceptors (Lipinski definition) is 5. The van der Waals surface area contributed by atoms with Crippen LogP contribution in [0.15, 0.2) is 71.6 Å².